The third kappa shape index (κ3) is 11.6. The normalized spacial score (nSPS) is 17.7. The molecule has 0 spiro atoms. The summed E-state index contributed by atoms with van der Waals surface area (Å²) in [7, 11) is 0. The van der Waals surface area contributed by atoms with E-state index in [4.69, 9.17) is 0 Å². The van der Waals surface area contributed by atoms with E-state index in [0.717, 1.165) is 19.5 Å². The van der Waals surface area contributed by atoms with Crippen LogP contribution in [0.4, 0.5) is 5.69 Å². The average Bonchev–Trinajstić information content (AvgIpc) is 3.13. The number of nitro groups is 1. The number of non-ortho nitro benzene ring substituents is 1. The van der Waals surface area contributed by atoms with Crippen molar-refractivity contribution in [2.75, 3.05) is 13.1 Å². The first-order valence-corrected chi connectivity index (χ1v) is 15.1. The highest BCUT2D eigenvalue weighted by Crippen LogP contribution is 2.50. The van der Waals surface area contributed by atoms with Crippen molar-refractivity contribution in [3.8, 4) is 5.75 Å². The van der Waals surface area contributed by atoms with Gasteiger partial charge in [-0.15, -0.1) is 11.8 Å². The van der Waals surface area contributed by atoms with Crippen molar-refractivity contribution in [2.45, 2.75) is 134 Å². The van der Waals surface area contributed by atoms with E-state index in [1.165, 1.54) is 108 Å². The summed E-state index contributed by atoms with van der Waals surface area (Å²) >= 11 is 1.80. The Labute approximate surface area is 218 Å². The molecule has 0 aromatic heterocycles. The summed E-state index contributed by atoms with van der Waals surface area (Å²) in [6.07, 6.45) is 21.8. The molecule has 200 valence electrons. The van der Waals surface area contributed by atoms with Crippen LogP contribution in [0.1, 0.15) is 134 Å². The van der Waals surface area contributed by atoms with Gasteiger partial charge < -0.3 is 5.11 Å². The van der Waals surface area contributed by atoms with Crippen molar-refractivity contribution in [3.63, 3.8) is 0 Å². The molecular weight excluding hydrogens is 456 g/mol. The molecule has 1 aliphatic rings. The van der Waals surface area contributed by atoms with Crippen LogP contribution < -0.4 is 0 Å². The highest BCUT2D eigenvalue weighted by molar-refractivity contribution is 8.01. The largest absolute Gasteiger partial charge is 0.508 e. The number of aromatic hydroxyl groups is 1. The molecule has 1 aromatic rings. The van der Waals surface area contributed by atoms with Gasteiger partial charge in [0.25, 0.3) is 5.69 Å². The molecule has 1 fully saturated rings. The quantitative estimate of drug-likeness (QED) is 0.115. The zero-order chi connectivity index (χ0) is 25.5. The number of hydrogen-bond donors (Lipinski definition) is 1. The zero-order valence-electron chi connectivity index (χ0n) is 22.6. The van der Waals surface area contributed by atoms with Crippen LogP contribution >= 0.6 is 11.8 Å². The van der Waals surface area contributed by atoms with Crippen molar-refractivity contribution in [1.82, 2.24) is 4.90 Å². The van der Waals surface area contributed by atoms with Crippen LogP contribution in [-0.4, -0.2) is 32.8 Å². The first-order chi connectivity index (χ1) is 16.8. The Kier molecular flexibility index (Phi) is 14.1. The van der Waals surface area contributed by atoms with Crippen molar-refractivity contribution in [1.29, 1.82) is 0 Å². The molecule has 5 nitrogen and oxygen atoms in total. The van der Waals surface area contributed by atoms with E-state index in [-0.39, 0.29) is 26.5 Å². The van der Waals surface area contributed by atoms with Gasteiger partial charge in [0.2, 0.25) is 0 Å². The van der Waals surface area contributed by atoms with E-state index in [0.29, 0.717) is 5.56 Å². The minimum atomic E-state index is -0.381. The fourth-order valence-corrected chi connectivity index (χ4v) is 6.65. The van der Waals surface area contributed by atoms with Crippen molar-refractivity contribution >= 4 is 17.4 Å². The Morgan fingerprint density at radius 1 is 0.914 bits per heavy atom. The topological polar surface area (TPSA) is 66.6 Å². The standard InChI is InChI=1S/C29H50N2O3S/c1-4-5-6-7-8-9-10-11-12-13-14-15-16-17-18-19-22-30-24-29(2,3)35-28(30)26-23-25(31(33)34)20-21-27(26)32/h20-21,23,28,32H,4-19,22,24H2,1-3H3. The lowest BCUT2D eigenvalue weighted by Crippen LogP contribution is -2.29. The summed E-state index contributed by atoms with van der Waals surface area (Å²) in [4.78, 5) is 13.2. The molecule has 1 aromatic carbocycles. The van der Waals surface area contributed by atoms with E-state index in [2.05, 4.69) is 25.7 Å². The molecule has 1 unspecified atom stereocenters. The SMILES string of the molecule is CCCCCCCCCCCCCCCCCCN1CC(C)(C)SC1c1cc([N+](=O)[O-])ccc1O. The van der Waals surface area contributed by atoms with E-state index >= 15 is 0 Å². The van der Waals surface area contributed by atoms with Crippen LogP contribution in [0.25, 0.3) is 0 Å². The Bertz CT molecular complexity index is 741. The predicted octanol–water partition coefficient (Wildman–Crippen LogP) is 9.39. The summed E-state index contributed by atoms with van der Waals surface area (Å²) in [5.41, 5.74) is 0.719. The fourth-order valence-electron chi connectivity index (χ4n) is 5.16. The molecular formula is C29H50N2O3S. The highest BCUT2D eigenvalue weighted by Gasteiger charge is 2.40. The van der Waals surface area contributed by atoms with Gasteiger partial charge in [-0.2, -0.15) is 0 Å². The molecule has 1 atom stereocenters. The van der Waals surface area contributed by atoms with Gasteiger partial charge in [-0.05, 0) is 32.9 Å². The van der Waals surface area contributed by atoms with Gasteiger partial charge in [0.15, 0.2) is 0 Å². The number of hydrogen-bond acceptors (Lipinski definition) is 5. The van der Waals surface area contributed by atoms with Gasteiger partial charge in [-0.3, -0.25) is 15.0 Å². The maximum atomic E-state index is 11.2. The van der Waals surface area contributed by atoms with E-state index in [1.54, 1.807) is 17.8 Å². The second kappa shape index (κ2) is 16.5. The lowest BCUT2D eigenvalue weighted by molar-refractivity contribution is -0.385. The monoisotopic (exact) mass is 506 g/mol. The van der Waals surface area contributed by atoms with Gasteiger partial charge in [0.1, 0.15) is 5.75 Å². The number of phenols is 1. The van der Waals surface area contributed by atoms with Crippen molar-refractivity contribution in [3.05, 3.63) is 33.9 Å². The Balaban J connectivity index is 1.57. The fraction of sp³-hybridized carbons (Fsp3) is 0.793. The van der Waals surface area contributed by atoms with Gasteiger partial charge in [0.05, 0.1) is 10.3 Å². The first kappa shape index (κ1) is 30.0. The summed E-state index contributed by atoms with van der Waals surface area (Å²) in [5, 5.41) is 21.6. The molecule has 1 heterocycles. The van der Waals surface area contributed by atoms with Crippen LogP contribution in [0, 0.1) is 10.1 Å². The lowest BCUT2D eigenvalue weighted by atomic mass is 10.0. The van der Waals surface area contributed by atoms with Gasteiger partial charge >= 0.3 is 0 Å². The number of phenolic OH excluding ortho intramolecular Hbond substituents is 1. The third-order valence-electron chi connectivity index (χ3n) is 7.13. The molecule has 0 saturated carbocycles. The lowest BCUT2D eigenvalue weighted by Gasteiger charge is -2.24. The van der Waals surface area contributed by atoms with Crippen LogP contribution in [0.15, 0.2) is 18.2 Å². The average molecular weight is 507 g/mol. The van der Waals surface area contributed by atoms with Crippen LogP contribution in [0.5, 0.6) is 5.75 Å². The van der Waals surface area contributed by atoms with Gasteiger partial charge in [0, 0.05) is 29.0 Å². The molecule has 0 amide bonds. The van der Waals surface area contributed by atoms with Crippen LogP contribution in [-0.2, 0) is 0 Å². The van der Waals surface area contributed by atoms with E-state index in [9.17, 15) is 15.2 Å². The minimum Gasteiger partial charge on any atom is -0.508 e. The predicted molar refractivity (Wildman–Crippen MR) is 150 cm³/mol. The Morgan fingerprint density at radius 2 is 1.40 bits per heavy atom. The molecule has 6 heteroatoms. The number of unbranched alkanes of at least 4 members (excludes halogenated alkanes) is 15. The van der Waals surface area contributed by atoms with Crippen molar-refractivity contribution < 1.29 is 10.0 Å². The van der Waals surface area contributed by atoms with Gasteiger partial charge in [-0.1, -0.05) is 103 Å². The number of nitro benzene ring substituents is 1. The Morgan fingerprint density at radius 3 is 1.89 bits per heavy atom. The second-order valence-corrected chi connectivity index (χ2v) is 12.8. The zero-order valence-corrected chi connectivity index (χ0v) is 23.4. The third-order valence-corrected chi connectivity index (χ3v) is 8.68. The minimum absolute atomic E-state index is 0.0266. The van der Waals surface area contributed by atoms with Crippen LogP contribution in [0.2, 0.25) is 0 Å². The second-order valence-electron chi connectivity index (χ2n) is 11.0. The molecule has 0 aliphatic carbocycles. The molecule has 2 rings (SSSR count). The maximum Gasteiger partial charge on any atom is 0.270 e. The smallest absolute Gasteiger partial charge is 0.270 e. The van der Waals surface area contributed by atoms with E-state index < -0.39 is 0 Å². The summed E-state index contributed by atoms with van der Waals surface area (Å²) in [6, 6.07) is 4.39. The molecule has 35 heavy (non-hydrogen) atoms. The maximum absolute atomic E-state index is 11.2. The Hall–Kier alpha value is -1.27. The number of benzene rings is 1. The summed E-state index contributed by atoms with van der Waals surface area (Å²) < 4.78 is 0.0663. The van der Waals surface area contributed by atoms with E-state index in [1.807, 2.05) is 0 Å². The van der Waals surface area contributed by atoms with Crippen molar-refractivity contribution in [2.24, 2.45) is 0 Å². The summed E-state index contributed by atoms with van der Waals surface area (Å²) in [5.74, 6) is 0.155. The first-order valence-electron chi connectivity index (χ1n) is 14.2. The molecule has 1 N–H and O–H groups in total. The molecule has 1 aliphatic heterocycles. The van der Waals surface area contributed by atoms with Crippen LogP contribution in [0.3, 0.4) is 0 Å². The summed E-state index contributed by atoms with van der Waals surface area (Å²) in [6.45, 7) is 8.62. The molecule has 1 saturated heterocycles. The van der Waals surface area contributed by atoms with Gasteiger partial charge in [-0.25, -0.2) is 0 Å². The molecule has 0 radical (unpaired) electrons. The molecule has 0 bridgehead atoms. The number of thioether (sulfide) groups is 1. The number of nitrogens with zero attached hydrogens (tertiary/aromatic N) is 2. The highest BCUT2D eigenvalue weighted by atomic mass is 32.2. The number of rotatable bonds is 19.